The molecule has 0 amide bonds. The highest BCUT2D eigenvalue weighted by Crippen LogP contribution is 2.36. The van der Waals surface area contributed by atoms with Gasteiger partial charge in [0.25, 0.3) is 0 Å². The quantitative estimate of drug-likeness (QED) is 0.894. The van der Waals surface area contributed by atoms with Crippen LogP contribution in [-0.4, -0.2) is 25.7 Å². The average Bonchev–Trinajstić information content (AvgIpc) is 2.86. The Hall–Kier alpha value is -0.740. The second kappa shape index (κ2) is 5.74. The lowest BCUT2D eigenvalue weighted by atomic mass is 9.92. The standard InChI is InChI=1S/C13H18FNOS/c1-15-13(9-6-7-17-8-9)10-4-3-5-11(16-2)12(10)14/h3-5,9,13,15H,6-8H2,1-2H3. The van der Waals surface area contributed by atoms with Gasteiger partial charge in [-0.3, -0.25) is 0 Å². The van der Waals surface area contributed by atoms with Crippen LogP contribution in [0, 0.1) is 11.7 Å². The van der Waals surface area contributed by atoms with E-state index in [1.54, 1.807) is 6.07 Å². The second-order valence-corrected chi connectivity index (χ2v) is 5.40. The minimum absolute atomic E-state index is 0.0834. The van der Waals surface area contributed by atoms with Gasteiger partial charge in [0.15, 0.2) is 11.6 Å². The van der Waals surface area contributed by atoms with Gasteiger partial charge in [-0.2, -0.15) is 11.8 Å². The van der Waals surface area contributed by atoms with Crippen molar-refractivity contribution in [1.82, 2.24) is 5.32 Å². The molecule has 17 heavy (non-hydrogen) atoms. The molecule has 0 aromatic heterocycles. The van der Waals surface area contributed by atoms with Crippen LogP contribution < -0.4 is 10.1 Å². The Morgan fingerprint density at radius 1 is 1.53 bits per heavy atom. The maximum atomic E-state index is 14.2. The number of methoxy groups -OCH3 is 1. The molecule has 1 aliphatic heterocycles. The van der Waals surface area contributed by atoms with Crippen molar-refractivity contribution >= 4 is 11.8 Å². The Morgan fingerprint density at radius 3 is 2.94 bits per heavy atom. The van der Waals surface area contributed by atoms with Gasteiger partial charge >= 0.3 is 0 Å². The van der Waals surface area contributed by atoms with E-state index in [1.807, 2.05) is 30.9 Å². The van der Waals surface area contributed by atoms with Gasteiger partial charge in [-0.1, -0.05) is 12.1 Å². The lowest BCUT2D eigenvalue weighted by molar-refractivity contribution is 0.366. The minimum Gasteiger partial charge on any atom is -0.494 e. The van der Waals surface area contributed by atoms with Gasteiger partial charge in [0.2, 0.25) is 0 Å². The molecule has 4 heteroatoms. The van der Waals surface area contributed by atoms with Crippen LogP contribution in [0.1, 0.15) is 18.0 Å². The fraction of sp³-hybridized carbons (Fsp3) is 0.538. The van der Waals surface area contributed by atoms with Crippen LogP contribution in [-0.2, 0) is 0 Å². The van der Waals surface area contributed by atoms with Crippen molar-refractivity contribution in [1.29, 1.82) is 0 Å². The van der Waals surface area contributed by atoms with Crippen LogP contribution in [0.15, 0.2) is 18.2 Å². The van der Waals surface area contributed by atoms with Gasteiger partial charge in [0, 0.05) is 11.6 Å². The number of rotatable bonds is 4. The lowest BCUT2D eigenvalue weighted by Crippen LogP contribution is -2.26. The molecule has 1 fully saturated rings. The largest absolute Gasteiger partial charge is 0.494 e. The molecule has 0 spiro atoms. The molecule has 0 radical (unpaired) electrons. The summed E-state index contributed by atoms with van der Waals surface area (Å²) in [6.45, 7) is 0. The minimum atomic E-state index is -0.230. The maximum Gasteiger partial charge on any atom is 0.169 e. The number of hydrogen-bond acceptors (Lipinski definition) is 3. The predicted octanol–water partition coefficient (Wildman–Crippen LogP) is 2.85. The first kappa shape index (κ1) is 12.7. The Bertz CT molecular complexity index is 380. The normalized spacial score (nSPS) is 21.5. The van der Waals surface area contributed by atoms with Crippen molar-refractivity contribution in [2.24, 2.45) is 5.92 Å². The van der Waals surface area contributed by atoms with Gasteiger partial charge in [-0.25, -0.2) is 4.39 Å². The van der Waals surface area contributed by atoms with E-state index in [0.717, 1.165) is 17.7 Å². The summed E-state index contributed by atoms with van der Waals surface area (Å²) >= 11 is 1.94. The number of nitrogens with one attached hydrogen (secondary N) is 1. The molecule has 1 heterocycles. The summed E-state index contributed by atoms with van der Waals surface area (Å²) in [5.74, 6) is 2.88. The highest BCUT2D eigenvalue weighted by molar-refractivity contribution is 7.99. The molecule has 1 aliphatic rings. The smallest absolute Gasteiger partial charge is 0.169 e. The first-order chi connectivity index (χ1) is 8.27. The zero-order valence-corrected chi connectivity index (χ0v) is 11.0. The van der Waals surface area contributed by atoms with Crippen molar-refractivity contribution in [3.63, 3.8) is 0 Å². The summed E-state index contributed by atoms with van der Waals surface area (Å²) in [4.78, 5) is 0. The van der Waals surface area contributed by atoms with E-state index in [4.69, 9.17) is 4.74 Å². The third-order valence-corrected chi connectivity index (χ3v) is 4.48. The van der Waals surface area contributed by atoms with Gasteiger partial charge in [-0.15, -0.1) is 0 Å². The summed E-state index contributed by atoms with van der Waals surface area (Å²) < 4.78 is 19.2. The van der Waals surface area contributed by atoms with Crippen LogP contribution in [0.2, 0.25) is 0 Å². The van der Waals surface area contributed by atoms with E-state index in [0.29, 0.717) is 11.7 Å². The fourth-order valence-corrected chi connectivity index (χ4v) is 3.68. The first-order valence-corrected chi connectivity index (χ1v) is 7.00. The van der Waals surface area contributed by atoms with E-state index in [9.17, 15) is 4.39 Å². The van der Waals surface area contributed by atoms with Gasteiger partial charge in [-0.05, 0) is 37.0 Å². The molecule has 1 saturated heterocycles. The number of thioether (sulfide) groups is 1. The van der Waals surface area contributed by atoms with E-state index < -0.39 is 0 Å². The molecular weight excluding hydrogens is 237 g/mol. The molecule has 1 aromatic rings. The van der Waals surface area contributed by atoms with Crippen molar-refractivity contribution in [2.75, 3.05) is 25.7 Å². The van der Waals surface area contributed by atoms with Gasteiger partial charge in [0.05, 0.1) is 7.11 Å². The molecule has 2 unspecified atom stereocenters. The number of hydrogen-bond donors (Lipinski definition) is 1. The van der Waals surface area contributed by atoms with E-state index >= 15 is 0 Å². The summed E-state index contributed by atoms with van der Waals surface area (Å²) in [5.41, 5.74) is 0.722. The molecule has 0 aliphatic carbocycles. The number of benzene rings is 1. The van der Waals surface area contributed by atoms with E-state index in [1.165, 1.54) is 12.9 Å². The molecule has 0 saturated carbocycles. The lowest BCUT2D eigenvalue weighted by Gasteiger charge is -2.23. The molecule has 94 valence electrons. The second-order valence-electron chi connectivity index (χ2n) is 4.25. The van der Waals surface area contributed by atoms with Crippen LogP contribution in [0.5, 0.6) is 5.75 Å². The maximum absolute atomic E-state index is 14.2. The van der Waals surface area contributed by atoms with Crippen LogP contribution in [0.4, 0.5) is 4.39 Å². The molecular formula is C13H18FNOS. The summed E-state index contributed by atoms with van der Waals surface area (Å²) in [5, 5.41) is 3.24. The Morgan fingerprint density at radius 2 is 2.35 bits per heavy atom. The van der Waals surface area contributed by atoms with Crippen molar-refractivity contribution < 1.29 is 9.13 Å². The zero-order valence-electron chi connectivity index (χ0n) is 10.2. The van der Waals surface area contributed by atoms with E-state index in [-0.39, 0.29) is 11.9 Å². The fourth-order valence-electron chi connectivity index (χ4n) is 2.39. The predicted molar refractivity (Wildman–Crippen MR) is 70.2 cm³/mol. The summed E-state index contributed by atoms with van der Waals surface area (Å²) in [6.07, 6.45) is 1.15. The average molecular weight is 255 g/mol. The summed E-state index contributed by atoms with van der Waals surface area (Å²) in [7, 11) is 3.40. The third kappa shape index (κ3) is 2.58. The van der Waals surface area contributed by atoms with Crippen molar-refractivity contribution in [3.8, 4) is 5.75 Å². The third-order valence-electron chi connectivity index (χ3n) is 3.30. The van der Waals surface area contributed by atoms with Crippen LogP contribution >= 0.6 is 11.8 Å². The Labute approximate surface area is 106 Å². The Balaban J connectivity index is 2.29. The van der Waals surface area contributed by atoms with E-state index in [2.05, 4.69) is 5.32 Å². The van der Waals surface area contributed by atoms with Crippen LogP contribution in [0.3, 0.4) is 0 Å². The first-order valence-electron chi connectivity index (χ1n) is 5.85. The van der Waals surface area contributed by atoms with Crippen molar-refractivity contribution in [2.45, 2.75) is 12.5 Å². The number of halogens is 1. The molecule has 2 rings (SSSR count). The molecule has 2 atom stereocenters. The molecule has 1 aromatic carbocycles. The molecule has 1 N–H and O–H groups in total. The topological polar surface area (TPSA) is 21.3 Å². The molecule has 0 bridgehead atoms. The molecule has 2 nitrogen and oxygen atoms in total. The summed E-state index contributed by atoms with van der Waals surface area (Å²) in [6, 6.07) is 5.45. The monoisotopic (exact) mass is 255 g/mol. The Kier molecular flexibility index (Phi) is 4.29. The van der Waals surface area contributed by atoms with Crippen LogP contribution in [0.25, 0.3) is 0 Å². The van der Waals surface area contributed by atoms with Gasteiger partial charge < -0.3 is 10.1 Å². The SMILES string of the molecule is CNC(c1cccc(OC)c1F)C1CCSC1. The highest BCUT2D eigenvalue weighted by atomic mass is 32.2. The number of ether oxygens (including phenoxy) is 1. The van der Waals surface area contributed by atoms with Gasteiger partial charge in [0.1, 0.15) is 0 Å². The highest BCUT2D eigenvalue weighted by Gasteiger charge is 2.28. The zero-order chi connectivity index (χ0) is 12.3. The van der Waals surface area contributed by atoms with Crippen molar-refractivity contribution in [3.05, 3.63) is 29.6 Å².